The van der Waals surface area contributed by atoms with Crippen LogP contribution in [0.15, 0.2) is 58.4 Å². The molecule has 25 heavy (non-hydrogen) atoms. The Labute approximate surface area is 165 Å². The van der Waals surface area contributed by atoms with E-state index in [4.69, 9.17) is 5.73 Å². The Morgan fingerprint density at radius 1 is 1.00 bits per heavy atom. The number of nitrogens with two attached hydrogens (primary N) is 1. The van der Waals surface area contributed by atoms with E-state index in [-0.39, 0.29) is 29.5 Å². The number of rotatable bonds is 4. The molecule has 0 aliphatic carbocycles. The van der Waals surface area contributed by atoms with E-state index < -0.39 is 0 Å². The standard InChI is InChI=1S/C19H24N4O.HI/c20-19(22-11-3-1-4-12-22)21-14-16-7-9-17(10-8-16)15-23-13-5-2-6-18(23)24;/h2,5-10,13H,1,3-4,11-12,14-15H2,(H2,20,21);1H. The molecule has 2 aromatic rings. The number of aromatic nitrogens is 1. The molecule has 1 aliphatic heterocycles. The molecule has 0 amide bonds. The number of piperidine rings is 1. The van der Waals surface area contributed by atoms with E-state index >= 15 is 0 Å². The van der Waals surface area contributed by atoms with E-state index in [9.17, 15) is 4.79 Å². The van der Waals surface area contributed by atoms with Gasteiger partial charge in [0.25, 0.3) is 5.56 Å². The Hall–Kier alpha value is -1.83. The number of hydrogen-bond acceptors (Lipinski definition) is 2. The number of halogens is 1. The van der Waals surface area contributed by atoms with Crippen LogP contribution in [0.3, 0.4) is 0 Å². The van der Waals surface area contributed by atoms with Gasteiger partial charge in [-0.05, 0) is 36.5 Å². The maximum atomic E-state index is 11.7. The zero-order valence-corrected chi connectivity index (χ0v) is 16.6. The molecule has 1 aliphatic rings. The first-order valence-electron chi connectivity index (χ1n) is 8.50. The fourth-order valence-corrected chi connectivity index (χ4v) is 2.93. The van der Waals surface area contributed by atoms with Crippen LogP contribution in [0.5, 0.6) is 0 Å². The lowest BCUT2D eigenvalue weighted by Gasteiger charge is -2.27. The van der Waals surface area contributed by atoms with Crippen LogP contribution in [0.25, 0.3) is 0 Å². The molecule has 0 atom stereocenters. The third kappa shape index (κ3) is 5.59. The summed E-state index contributed by atoms with van der Waals surface area (Å²) in [6, 6.07) is 13.4. The number of benzene rings is 1. The summed E-state index contributed by atoms with van der Waals surface area (Å²) < 4.78 is 1.70. The van der Waals surface area contributed by atoms with Crippen molar-refractivity contribution in [3.05, 3.63) is 70.1 Å². The number of guanidine groups is 1. The molecule has 134 valence electrons. The van der Waals surface area contributed by atoms with E-state index in [1.54, 1.807) is 22.9 Å². The summed E-state index contributed by atoms with van der Waals surface area (Å²) in [7, 11) is 0. The van der Waals surface area contributed by atoms with Crippen molar-refractivity contribution in [3.8, 4) is 0 Å². The molecular weight excluding hydrogens is 427 g/mol. The molecule has 6 heteroatoms. The third-order valence-corrected chi connectivity index (χ3v) is 4.38. The molecule has 2 N–H and O–H groups in total. The highest BCUT2D eigenvalue weighted by Crippen LogP contribution is 2.10. The molecule has 1 aromatic carbocycles. The zero-order valence-electron chi connectivity index (χ0n) is 14.3. The molecule has 0 bridgehead atoms. The first-order chi connectivity index (χ1) is 11.7. The van der Waals surface area contributed by atoms with E-state index in [0.717, 1.165) is 24.2 Å². The first kappa shape index (κ1) is 19.5. The molecule has 1 saturated heterocycles. The number of pyridine rings is 1. The molecular formula is C19H25IN4O. The highest BCUT2D eigenvalue weighted by atomic mass is 127. The maximum absolute atomic E-state index is 11.7. The summed E-state index contributed by atoms with van der Waals surface area (Å²) in [5, 5.41) is 0. The average molecular weight is 452 g/mol. The van der Waals surface area contributed by atoms with Crippen LogP contribution < -0.4 is 11.3 Å². The summed E-state index contributed by atoms with van der Waals surface area (Å²) in [5.74, 6) is 0.648. The highest BCUT2D eigenvalue weighted by molar-refractivity contribution is 14.0. The SMILES string of the molecule is I.NC(=NCc1ccc(Cn2ccccc2=O)cc1)N1CCCCC1. The largest absolute Gasteiger partial charge is 0.370 e. The van der Waals surface area contributed by atoms with Gasteiger partial charge in [0.15, 0.2) is 5.96 Å². The van der Waals surface area contributed by atoms with Gasteiger partial charge >= 0.3 is 0 Å². The minimum Gasteiger partial charge on any atom is -0.370 e. The summed E-state index contributed by atoms with van der Waals surface area (Å²) in [5.41, 5.74) is 8.32. The normalized spacial score (nSPS) is 14.9. The zero-order chi connectivity index (χ0) is 16.8. The Morgan fingerprint density at radius 3 is 2.36 bits per heavy atom. The van der Waals surface area contributed by atoms with Gasteiger partial charge in [0.05, 0.1) is 13.1 Å². The number of aliphatic imine (C=N–C) groups is 1. The van der Waals surface area contributed by atoms with E-state index in [2.05, 4.69) is 22.0 Å². The van der Waals surface area contributed by atoms with Crippen LogP contribution in [-0.2, 0) is 13.1 Å². The fraction of sp³-hybridized carbons (Fsp3) is 0.368. The van der Waals surface area contributed by atoms with Gasteiger partial charge in [0.1, 0.15) is 0 Å². The monoisotopic (exact) mass is 452 g/mol. The quantitative estimate of drug-likeness (QED) is 0.441. The lowest BCUT2D eigenvalue weighted by atomic mass is 10.1. The third-order valence-electron chi connectivity index (χ3n) is 4.38. The fourth-order valence-electron chi connectivity index (χ4n) is 2.93. The van der Waals surface area contributed by atoms with Crippen molar-refractivity contribution in [2.75, 3.05) is 13.1 Å². The summed E-state index contributed by atoms with van der Waals surface area (Å²) in [6.07, 6.45) is 5.49. The molecule has 0 unspecified atom stereocenters. The number of nitrogens with zero attached hydrogens (tertiary/aromatic N) is 3. The van der Waals surface area contributed by atoms with E-state index in [0.29, 0.717) is 19.0 Å². The van der Waals surface area contributed by atoms with Gasteiger partial charge in [0.2, 0.25) is 0 Å². The van der Waals surface area contributed by atoms with Gasteiger partial charge in [-0.25, -0.2) is 4.99 Å². The Kier molecular flexibility index (Phi) is 7.49. The van der Waals surface area contributed by atoms with Gasteiger partial charge in [-0.3, -0.25) is 4.79 Å². The van der Waals surface area contributed by atoms with Gasteiger partial charge < -0.3 is 15.2 Å². The number of likely N-dealkylation sites (tertiary alicyclic amines) is 1. The minimum atomic E-state index is 0. The molecule has 3 rings (SSSR count). The van der Waals surface area contributed by atoms with Crippen LogP contribution in [0.1, 0.15) is 30.4 Å². The van der Waals surface area contributed by atoms with Crippen LogP contribution >= 0.6 is 24.0 Å². The molecule has 1 aromatic heterocycles. The second kappa shape index (κ2) is 9.60. The van der Waals surface area contributed by atoms with Crippen molar-refractivity contribution in [2.45, 2.75) is 32.4 Å². The molecule has 0 saturated carbocycles. The molecule has 1 fully saturated rings. The van der Waals surface area contributed by atoms with Crippen molar-refractivity contribution < 1.29 is 0 Å². The summed E-state index contributed by atoms with van der Waals surface area (Å²) in [4.78, 5) is 18.4. The van der Waals surface area contributed by atoms with Gasteiger partial charge in [-0.2, -0.15) is 0 Å². The Bertz CT molecular complexity index is 749. The van der Waals surface area contributed by atoms with Crippen LogP contribution in [0.4, 0.5) is 0 Å². The average Bonchev–Trinajstić information content (AvgIpc) is 2.63. The van der Waals surface area contributed by atoms with Crippen molar-refractivity contribution >= 4 is 29.9 Å². The molecule has 5 nitrogen and oxygen atoms in total. The predicted molar refractivity (Wildman–Crippen MR) is 112 cm³/mol. The van der Waals surface area contributed by atoms with Crippen molar-refractivity contribution in [1.29, 1.82) is 0 Å². The van der Waals surface area contributed by atoms with Gasteiger partial charge in [0, 0.05) is 25.4 Å². The minimum absolute atomic E-state index is 0. The van der Waals surface area contributed by atoms with Gasteiger partial charge in [-0.15, -0.1) is 24.0 Å². The van der Waals surface area contributed by atoms with Crippen molar-refractivity contribution in [2.24, 2.45) is 10.7 Å². The predicted octanol–water partition coefficient (Wildman–Crippen LogP) is 2.82. The topological polar surface area (TPSA) is 63.6 Å². The lowest BCUT2D eigenvalue weighted by Crippen LogP contribution is -2.40. The number of hydrogen-bond donors (Lipinski definition) is 1. The van der Waals surface area contributed by atoms with E-state index in [1.165, 1.54) is 19.3 Å². The second-order valence-electron chi connectivity index (χ2n) is 6.21. The lowest BCUT2D eigenvalue weighted by molar-refractivity contribution is 0.338. The maximum Gasteiger partial charge on any atom is 0.250 e. The second-order valence-corrected chi connectivity index (χ2v) is 6.21. The first-order valence-corrected chi connectivity index (χ1v) is 8.50. The van der Waals surface area contributed by atoms with E-state index in [1.807, 2.05) is 18.2 Å². The molecule has 0 spiro atoms. The van der Waals surface area contributed by atoms with Crippen molar-refractivity contribution in [1.82, 2.24) is 9.47 Å². The summed E-state index contributed by atoms with van der Waals surface area (Å²) in [6.45, 7) is 3.20. The van der Waals surface area contributed by atoms with Crippen LogP contribution in [-0.4, -0.2) is 28.5 Å². The smallest absolute Gasteiger partial charge is 0.250 e. The molecule has 2 heterocycles. The summed E-state index contributed by atoms with van der Waals surface area (Å²) >= 11 is 0. The van der Waals surface area contributed by atoms with Crippen LogP contribution in [0.2, 0.25) is 0 Å². The van der Waals surface area contributed by atoms with Crippen LogP contribution in [0, 0.1) is 0 Å². The van der Waals surface area contributed by atoms with Gasteiger partial charge in [-0.1, -0.05) is 30.3 Å². The Balaban J connectivity index is 0.00000225. The Morgan fingerprint density at radius 2 is 1.68 bits per heavy atom. The highest BCUT2D eigenvalue weighted by Gasteiger charge is 2.11. The van der Waals surface area contributed by atoms with Crippen molar-refractivity contribution in [3.63, 3.8) is 0 Å². The molecule has 0 radical (unpaired) electrons.